The van der Waals surface area contributed by atoms with Crippen LogP contribution in [0.1, 0.15) is 51.0 Å². The molecule has 20 heavy (non-hydrogen) atoms. The largest absolute Gasteiger partial charge is 0.492 e. The number of nitrogens with zero attached hydrogens (tertiary/aromatic N) is 4. The van der Waals surface area contributed by atoms with Gasteiger partial charge in [-0.15, -0.1) is 0 Å². The van der Waals surface area contributed by atoms with Crippen molar-refractivity contribution in [3.05, 3.63) is 34.2 Å². The van der Waals surface area contributed by atoms with Gasteiger partial charge in [-0.2, -0.15) is 5.26 Å². The summed E-state index contributed by atoms with van der Waals surface area (Å²) in [4.78, 5) is 2.70. The van der Waals surface area contributed by atoms with Crippen molar-refractivity contribution in [3.8, 4) is 11.8 Å². The highest BCUT2D eigenvalue weighted by molar-refractivity contribution is 5.52. The van der Waals surface area contributed by atoms with Gasteiger partial charge in [0.05, 0.1) is 12.2 Å². The molecule has 0 N–H and O–H groups in total. The van der Waals surface area contributed by atoms with Crippen LogP contribution in [0, 0.1) is 11.3 Å². The number of rotatable bonds is 9. The molecule has 0 spiro atoms. The molecule has 5 heteroatoms. The minimum absolute atomic E-state index is 0.404. The third-order valence-corrected chi connectivity index (χ3v) is 3.00. The van der Waals surface area contributed by atoms with E-state index in [1.165, 1.54) is 31.7 Å². The molecule has 0 radical (unpaired) electrons. The van der Waals surface area contributed by atoms with Gasteiger partial charge in [0.15, 0.2) is 0 Å². The van der Waals surface area contributed by atoms with Crippen LogP contribution in [-0.2, 0) is 0 Å². The second-order valence-electron chi connectivity index (χ2n) is 4.60. The minimum Gasteiger partial charge on any atom is -0.492 e. The summed E-state index contributed by atoms with van der Waals surface area (Å²) in [6.45, 7) is 2.81. The highest BCUT2D eigenvalue weighted by atomic mass is 16.5. The van der Waals surface area contributed by atoms with E-state index >= 15 is 0 Å². The number of unbranched alkanes of at least 4 members (excludes halogenated alkanes) is 5. The van der Waals surface area contributed by atoms with E-state index in [4.69, 9.17) is 15.5 Å². The first-order valence-electron chi connectivity index (χ1n) is 7.04. The van der Waals surface area contributed by atoms with Crippen LogP contribution in [0.25, 0.3) is 10.4 Å². The highest BCUT2D eigenvalue weighted by Crippen LogP contribution is 2.24. The Bertz CT molecular complexity index is 501. The Morgan fingerprint density at radius 3 is 2.70 bits per heavy atom. The van der Waals surface area contributed by atoms with Crippen LogP contribution < -0.4 is 4.74 Å². The molecule has 0 aliphatic carbocycles. The van der Waals surface area contributed by atoms with Crippen molar-refractivity contribution >= 4 is 5.69 Å². The number of hydrogen-bond donors (Lipinski definition) is 0. The molecule has 0 bridgehead atoms. The molecule has 0 atom stereocenters. The molecule has 1 aromatic rings. The van der Waals surface area contributed by atoms with Gasteiger partial charge in [0, 0.05) is 10.6 Å². The summed E-state index contributed by atoms with van der Waals surface area (Å²) in [5, 5.41) is 12.5. The van der Waals surface area contributed by atoms with Gasteiger partial charge in [0.1, 0.15) is 11.8 Å². The molecule has 0 fully saturated rings. The molecule has 0 heterocycles. The van der Waals surface area contributed by atoms with Crippen LogP contribution in [0.15, 0.2) is 23.3 Å². The van der Waals surface area contributed by atoms with Crippen LogP contribution in [-0.4, -0.2) is 6.61 Å². The first-order chi connectivity index (χ1) is 9.81. The summed E-state index contributed by atoms with van der Waals surface area (Å²) in [7, 11) is 0. The van der Waals surface area contributed by atoms with Gasteiger partial charge >= 0.3 is 0 Å². The SMILES string of the molecule is CCCCCCCCOc1ccc(N=[N+]=[N-])cc1C#N. The van der Waals surface area contributed by atoms with Crippen molar-refractivity contribution in [2.24, 2.45) is 5.11 Å². The summed E-state index contributed by atoms with van der Waals surface area (Å²) < 4.78 is 5.61. The lowest BCUT2D eigenvalue weighted by Gasteiger charge is -2.08. The predicted octanol–water partition coefficient (Wildman–Crippen LogP) is 5.24. The van der Waals surface area contributed by atoms with Crippen LogP contribution >= 0.6 is 0 Å². The van der Waals surface area contributed by atoms with Crippen LogP contribution in [0.2, 0.25) is 0 Å². The van der Waals surface area contributed by atoms with Crippen molar-refractivity contribution in [2.45, 2.75) is 45.4 Å². The van der Waals surface area contributed by atoms with Crippen LogP contribution in [0.5, 0.6) is 5.75 Å². The maximum absolute atomic E-state index is 9.05. The third-order valence-electron chi connectivity index (χ3n) is 3.00. The number of benzene rings is 1. The number of azide groups is 1. The molecule has 0 amide bonds. The average molecular weight is 272 g/mol. The van der Waals surface area contributed by atoms with E-state index in [9.17, 15) is 0 Å². The second-order valence-corrected chi connectivity index (χ2v) is 4.60. The van der Waals surface area contributed by atoms with E-state index in [0.717, 1.165) is 12.8 Å². The summed E-state index contributed by atoms with van der Waals surface area (Å²) >= 11 is 0. The number of nitriles is 1. The Balaban J connectivity index is 2.40. The van der Waals surface area contributed by atoms with Gasteiger partial charge in [0.2, 0.25) is 0 Å². The van der Waals surface area contributed by atoms with E-state index in [-0.39, 0.29) is 0 Å². The van der Waals surface area contributed by atoms with Crippen molar-refractivity contribution in [1.29, 1.82) is 5.26 Å². The first kappa shape index (κ1) is 15.9. The molecule has 0 aliphatic heterocycles. The fourth-order valence-corrected chi connectivity index (χ4v) is 1.91. The lowest BCUT2D eigenvalue weighted by atomic mass is 10.1. The third kappa shape index (κ3) is 5.64. The Hall–Kier alpha value is -2.18. The summed E-state index contributed by atoms with van der Waals surface area (Å²) in [6.07, 6.45) is 7.20. The Morgan fingerprint density at radius 2 is 2.00 bits per heavy atom. The van der Waals surface area contributed by atoms with Gasteiger partial charge in [-0.05, 0) is 30.2 Å². The molecule has 0 saturated carbocycles. The minimum atomic E-state index is 0.404. The zero-order valence-corrected chi connectivity index (χ0v) is 11.9. The molecule has 0 aliphatic rings. The van der Waals surface area contributed by atoms with Gasteiger partial charge in [-0.25, -0.2) is 0 Å². The van der Waals surface area contributed by atoms with Gasteiger partial charge < -0.3 is 4.74 Å². The molecular weight excluding hydrogens is 252 g/mol. The molecule has 5 nitrogen and oxygen atoms in total. The fourth-order valence-electron chi connectivity index (χ4n) is 1.91. The van der Waals surface area contributed by atoms with Crippen molar-refractivity contribution < 1.29 is 4.74 Å². The summed E-state index contributed by atoms with van der Waals surface area (Å²) in [5.74, 6) is 0.554. The quantitative estimate of drug-likeness (QED) is 0.266. The van der Waals surface area contributed by atoms with Crippen molar-refractivity contribution in [2.75, 3.05) is 6.61 Å². The Morgan fingerprint density at radius 1 is 1.25 bits per heavy atom. The fraction of sp³-hybridized carbons (Fsp3) is 0.533. The first-order valence-corrected chi connectivity index (χ1v) is 7.04. The normalized spacial score (nSPS) is 9.60. The Labute approximate surface area is 119 Å². The molecule has 1 rings (SSSR count). The standard InChI is InChI=1S/C15H20N4O/c1-2-3-4-5-6-7-10-20-15-9-8-14(18-19-17)11-13(15)12-16/h8-9,11H,2-7,10H2,1H3. The van der Waals surface area contributed by atoms with Crippen LogP contribution in [0.4, 0.5) is 5.69 Å². The smallest absolute Gasteiger partial charge is 0.137 e. The van der Waals surface area contributed by atoms with E-state index in [1.807, 2.05) is 0 Å². The monoisotopic (exact) mass is 272 g/mol. The molecular formula is C15H20N4O. The molecule has 0 saturated heterocycles. The molecule has 1 aromatic carbocycles. The van der Waals surface area contributed by atoms with E-state index in [2.05, 4.69) is 23.0 Å². The Kier molecular flexibility index (Phi) is 7.71. The molecule has 0 unspecified atom stereocenters. The van der Waals surface area contributed by atoms with Gasteiger partial charge in [0.25, 0.3) is 0 Å². The maximum Gasteiger partial charge on any atom is 0.137 e. The van der Waals surface area contributed by atoms with Gasteiger partial charge in [-0.3, -0.25) is 0 Å². The maximum atomic E-state index is 9.05. The van der Waals surface area contributed by atoms with E-state index < -0.39 is 0 Å². The van der Waals surface area contributed by atoms with E-state index in [1.54, 1.807) is 12.1 Å². The van der Waals surface area contributed by atoms with E-state index in [0.29, 0.717) is 23.6 Å². The number of ether oxygens (including phenoxy) is 1. The molecule has 106 valence electrons. The topological polar surface area (TPSA) is 81.8 Å². The highest BCUT2D eigenvalue weighted by Gasteiger charge is 2.04. The summed E-state index contributed by atoms with van der Waals surface area (Å²) in [6, 6.07) is 6.92. The average Bonchev–Trinajstić information content (AvgIpc) is 2.47. The lowest BCUT2D eigenvalue weighted by molar-refractivity contribution is 0.303. The van der Waals surface area contributed by atoms with Crippen molar-refractivity contribution in [1.82, 2.24) is 0 Å². The zero-order valence-electron chi connectivity index (χ0n) is 11.9. The zero-order chi connectivity index (χ0) is 14.6. The van der Waals surface area contributed by atoms with Crippen LogP contribution in [0.3, 0.4) is 0 Å². The number of hydrogen-bond acceptors (Lipinski definition) is 3. The molecule has 0 aromatic heterocycles. The lowest BCUT2D eigenvalue weighted by Crippen LogP contribution is -1.99. The summed E-state index contributed by atoms with van der Waals surface area (Å²) in [5.41, 5.74) is 9.19. The van der Waals surface area contributed by atoms with Gasteiger partial charge in [-0.1, -0.05) is 44.1 Å². The van der Waals surface area contributed by atoms with Crippen molar-refractivity contribution in [3.63, 3.8) is 0 Å². The second kappa shape index (κ2) is 9.71. The predicted molar refractivity (Wildman–Crippen MR) is 78.8 cm³/mol.